The fourth-order valence-electron chi connectivity index (χ4n) is 5.96. The van der Waals surface area contributed by atoms with Crippen molar-refractivity contribution < 1.29 is 9.53 Å². The number of benzene rings is 2. The highest BCUT2D eigenvalue weighted by Gasteiger charge is 2.31. The van der Waals surface area contributed by atoms with Crippen molar-refractivity contribution in [1.82, 2.24) is 14.7 Å². The summed E-state index contributed by atoms with van der Waals surface area (Å²) in [5.41, 5.74) is 2.63. The van der Waals surface area contributed by atoms with Gasteiger partial charge in [0.1, 0.15) is 5.75 Å². The Balaban J connectivity index is 1.04. The van der Waals surface area contributed by atoms with Crippen LogP contribution in [0.25, 0.3) is 10.8 Å². The Labute approximate surface area is 222 Å². The summed E-state index contributed by atoms with van der Waals surface area (Å²) in [6, 6.07) is 8.49. The van der Waals surface area contributed by atoms with E-state index >= 15 is 0 Å². The summed E-state index contributed by atoms with van der Waals surface area (Å²) < 4.78 is 6.19. The molecule has 3 heterocycles. The zero-order valence-electron chi connectivity index (χ0n) is 22.9. The number of likely N-dealkylation sites (N-methyl/N-ethyl adjacent to an activating group) is 1. The summed E-state index contributed by atoms with van der Waals surface area (Å²) in [5, 5.41) is 2.17. The van der Waals surface area contributed by atoms with E-state index in [9.17, 15) is 4.79 Å². The van der Waals surface area contributed by atoms with E-state index in [1.165, 1.54) is 71.2 Å². The molecule has 3 aliphatic rings. The van der Waals surface area contributed by atoms with Crippen LogP contribution in [0, 0.1) is 6.92 Å². The monoisotopic (exact) mass is 504 g/mol. The van der Waals surface area contributed by atoms with Gasteiger partial charge in [-0.3, -0.25) is 9.79 Å². The van der Waals surface area contributed by atoms with Gasteiger partial charge in [0.15, 0.2) is 0 Å². The molecule has 5 rings (SSSR count). The van der Waals surface area contributed by atoms with Crippen LogP contribution in [0.4, 0.5) is 5.69 Å². The van der Waals surface area contributed by atoms with Crippen LogP contribution in [0.15, 0.2) is 29.3 Å². The molecule has 200 valence electrons. The van der Waals surface area contributed by atoms with Crippen molar-refractivity contribution in [3.63, 3.8) is 0 Å². The van der Waals surface area contributed by atoms with Gasteiger partial charge in [0, 0.05) is 38.9 Å². The largest absolute Gasteiger partial charge is 0.493 e. The molecular weight excluding hydrogens is 460 g/mol. The zero-order chi connectivity index (χ0) is 25.6. The number of hydrogen-bond acceptors (Lipinski definition) is 5. The van der Waals surface area contributed by atoms with Crippen LogP contribution in [0.3, 0.4) is 0 Å². The van der Waals surface area contributed by atoms with E-state index in [4.69, 9.17) is 9.73 Å². The predicted molar refractivity (Wildman–Crippen MR) is 153 cm³/mol. The minimum atomic E-state index is 0.116. The number of aliphatic imine (C=N–C) groups is 1. The van der Waals surface area contributed by atoms with Crippen LogP contribution >= 0.6 is 0 Å². The molecule has 6 heteroatoms. The first kappa shape index (κ1) is 26.2. The number of ether oxygens (including phenoxy) is 1. The first-order valence-corrected chi connectivity index (χ1v) is 14.6. The van der Waals surface area contributed by atoms with Crippen LogP contribution in [-0.4, -0.2) is 85.8 Å². The number of rotatable bonds is 11. The highest BCUT2D eigenvalue weighted by molar-refractivity contribution is 6.06. The Morgan fingerprint density at radius 3 is 2.43 bits per heavy atom. The molecule has 2 aromatic carbocycles. The number of amides is 1. The SMILES string of the molecule is Cc1cc2cc3c(cc2cc1OCCCCCCCCCN1CCN(C)CC1)N=C[C@@H]1CCCN1C3=O. The first-order chi connectivity index (χ1) is 18.1. The lowest BCUT2D eigenvalue weighted by atomic mass is 10.0. The molecule has 0 radical (unpaired) electrons. The van der Waals surface area contributed by atoms with Crippen molar-refractivity contribution in [2.24, 2.45) is 4.99 Å². The minimum absolute atomic E-state index is 0.116. The third kappa shape index (κ3) is 6.53. The molecule has 0 spiro atoms. The van der Waals surface area contributed by atoms with E-state index < -0.39 is 0 Å². The third-order valence-corrected chi connectivity index (χ3v) is 8.40. The molecular formula is C31H44N4O2. The van der Waals surface area contributed by atoms with Crippen LogP contribution < -0.4 is 4.74 Å². The fourth-order valence-corrected chi connectivity index (χ4v) is 5.96. The number of aryl methyl sites for hydroxylation is 1. The smallest absolute Gasteiger partial charge is 0.256 e. The molecule has 1 atom stereocenters. The molecule has 6 nitrogen and oxygen atoms in total. The number of fused-ring (bicyclic) bond motifs is 3. The number of carbonyl (C=O) groups excluding carboxylic acids is 1. The molecule has 2 saturated heterocycles. The number of piperazine rings is 1. The second-order valence-electron chi connectivity index (χ2n) is 11.3. The van der Waals surface area contributed by atoms with Gasteiger partial charge in [-0.2, -0.15) is 0 Å². The minimum Gasteiger partial charge on any atom is -0.493 e. The van der Waals surface area contributed by atoms with Crippen molar-refractivity contribution in [2.75, 3.05) is 52.9 Å². The van der Waals surface area contributed by atoms with Crippen LogP contribution in [0.5, 0.6) is 5.75 Å². The Bertz CT molecular complexity index is 1110. The molecule has 0 bridgehead atoms. The molecule has 2 aromatic rings. The lowest BCUT2D eigenvalue weighted by Gasteiger charge is -2.32. The summed E-state index contributed by atoms with van der Waals surface area (Å²) in [5.74, 6) is 1.06. The van der Waals surface area contributed by atoms with Gasteiger partial charge in [0.05, 0.1) is 23.9 Å². The van der Waals surface area contributed by atoms with Crippen molar-refractivity contribution >= 4 is 28.6 Å². The average Bonchev–Trinajstić information content (AvgIpc) is 3.33. The first-order valence-electron chi connectivity index (χ1n) is 14.6. The topological polar surface area (TPSA) is 48.4 Å². The van der Waals surface area contributed by atoms with E-state index in [2.05, 4.69) is 42.0 Å². The van der Waals surface area contributed by atoms with Gasteiger partial charge < -0.3 is 19.4 Å². The van der Waals surface area contributed by atoms with Crippen molar-refractivity contribution in [3.05, 3.63) is 35.4 Å². The molecule has 3 aliphatic heterocycles. The Kier molecular flexibility index (Phi) is 8.78. The van der Waals surface area contributed by atoms with E-state index in [0.717, 1.165) is 65.8 Å². The van der Waals surface area contributed by atoms with Gasteiger partial charge in [0.25, 0.3) is 5.91 Å². The van der Waals surface area contributed by atoms with Crippen LogP contribution in [0.1, 0.15) is 73.7 Å². The highest BCUT2D eigenvalue weighted by atomic mass is 16.5. The molecule has 0 aliphatic carbocycles. The molecule has 2 fully saturated rings. The van der Waals surface area contributed by atoms with E-state index in [1.807, 2.05) is 17.2 Å². The normalized spacial score (nSPS) is 20.3. The van der Waals surface area contributed by atoms with E-state index in [-0.39, 0.29) is 11.9 Å². The van der Waals surface area contributed by atoms with Crippen LogP contribution in [0.2, 0.25) is 0 Å². The molecule has 0 aromatic heterocycles. The molecule has 0 saturated carbocycles. The standard InChI is InChI=1S/C31H44N4O2/c1-24-19-25-20-28-29(32-23-27-11-10-13-35(27)31(28)36)21-26(25)22-30(24)37-18-9-7-5-3-4-6-8-12-34-16-14-33(2)15-17-34/h19-23,27H,3-18H2,1-2H3/t27-/m0/s1. The molecule has 0 N–H and O–H groups in total. The Morgan fingerprint density at radius 2 is 1.62 bits per heavy atom. The second kappa shape index (κ2) is 12.4. The summed E-state index contributed by atoms with van der Waals surface area (Å²) in [7, 11) is 2.22. The maximum atomic E-state index is 13.1. The summed E-state index contributed by atoms with van der Waals surface area (Å²) in [6.07, 6.45) is 13.0. The van der Waals surface area contributed by atoms with Crippen molar-refractivity contribution in [2.45, 2.75) is 70.8 Å². The zero-order valence-corrected chi connectivity index (χ0v) is 22.9. The third-order valence-electron chi connectivity index (χ3n) is 8.40. The number of carbonyl (C=O) groups is 1. The van der Waals surface area contributed by atoms with Crippen molar-refractivity contribution in [1.29, 1.82) is 0 Å². The lowest BCUT2D eigenvalue weighted by molar-refractivity contribution is 0.0775. The lowest BCUT2D eigenvalue weighted by Crippen LogP contribution is -2.44. The van der Waals surface area contributed by atoms with Gasteiger partial charge in [-0.1, -0.05) is 32.1 Å². The maximum absolute atomic E-state index is 13.1. The maximum Gasteiger partial charge on any atom is 0.256 e. The number of nitrogens with zero attached hydrogens (tertiary/aromatic N) is 4. The Morgan fingerprint density at radius 1 is 0.892 bits per heavy atom. The van der Waals surface area contributed by atoms with Crippen molar-refractivity contribution in [3.8, 4) is 5.75 Å². The van der Waals surface area contributed by atoms with E-state index in [0.29, 0.717) is 0 Å². The van der Waals surface area contributed by atoms with E-state index in [1.54, 1.807) is 0 Å². The van der Waals surface area contributed by atoms with Crippen LogP contribution in [-0.2, 0) is 0 Å². The summed E-state index contributed by atoms with van der Waals surface area (Å²) >= 11 is 0. The summed E-state index contributed by atoms with van der Waals surface area (Å²) in [4.78, 5) is 24.8. The second-order valence-corrected chi connectivity index (χ2v) is 11.3. The number of hydrogen-bond donors (Lipinski definition) is 0. The summed E-state index contributed by atoms with van der Waals surface area (Å²) in [6.45, 7) is 9.87. The van der Waals surface area contributed by atoms with Gasteiger partial charge in [-0.25, -0.2) is 0 Å². The van der Waals surface area contributed by atoms with Gasteiger partial charge >= 0.3 is 0 Å². The molecule has 37 heavy (non-hydrogen) atoms. The average molecular weight is 505 g/mol. The van der Waals surface area contributed by atoms with Gasteiger partial charge in [-0.05, 0) is 86.8 Å². The predicted octanol–water partition coefficient (Wildman–Crippen LogP) is 5.83. The van der Waals surface area contributed by atoms with Gasteiger partial charge in [-0.15, -0.1) is 0 Å². The Hall–Kier alpha value is -2.44. The quantitative estimate of drug-likeness (QED) is 0.362. The fraction of sp³-hybridized carbons (Fsp3) is 0.613. The number of unbranched alkanes of at least 4 members (excludes halogenated alkanes) is 6. The molecule has 0 unspecified atom stereocenters. The van der Waals surface area contributed by atoms with Gasteiger partial charge in [0.2, 0.25) is 0 Å². The molecule has 1 amide bonds. The highest BCUT2D eigenvalue weighted by Crippen LogP contribution is 2.34.